The number of aromatic nitrogens is 1. The first-order valence-corrected chi connectivity index (χ1v) is 8.95. The summed E-state index contributed by atoms with van der Waals surface area (Å²) in [7, 11) is 4.28. The Labute approximate surface area is 155 Å². The van der Waals surface area contributed by atoms with Crippen LogP contribution in [0.15, 0.2) is 67.2 Å². The lowest BCUT2D eigenvalue weighted by Crippen LogP contribution is -2.12. The summed E-state index contributed by atoms with van der Waals surface area (Å²) in [6.45, 7) is 8.48. The summed E-state index contributed by atoms with van der Waals surface area (Å²) in [4.78, 5) is 2.28. The van der Waals surface area contributed by atoms with Gasteiger partial charge in [0.2, 0.25) is 0 Å². The SMILES string of the molecule is C=C(C)c1cc2c(cc1N(C)c1ccccc1C)c1ccccc1n2C. The molecule has 0 saturated heterocycles. The largest absolute Gasteiger partial charge is 0.344 e. The first-order valence-electron chi connectivity index (χ1n) is 8.95. The number of fused-ring (bicyclic) bond motifs is 3. The van der Waals surface area contributed by atoms with Crippen LogP contribution < -0.4 is 4.90 Å². The second kappa shape index (κ2) is 6.06. The van der Waals surface area contributed by atoms with Crippen LogP contribution in [0.1, 0.15) is 18.1 Å². The van der Waals surface area contributed by atoms with Crippen molar-refractivity contribution >= 4 is 38.8 Å². The molecule has 0 atom stereocenters. The molecule has 2 heteroatoms. The van der Waals surface area contributed by atoms with Gasteiger partial charge in [-0.1, -0.05) is 43.0 Å². The Morgan fingerprint density at radius 3 is 2.31 bits per heavy atom. The summed E-state index contributed by atoms with van der Waals surface area (Å²) in [6.07, 6.45) is 0. The number of nitrogens with zero attached hydrogens (tertiary/aromatic N) is 2. The smallest absolute Gasteiger partial charge is 0.0496 e. The molecule has 3 aromatic carbocycles. The molecule has 0 radical (unpaired) electrons. The predicted octanol–water partition coefficient (Wildman–Crippen LogP) is 6.44. The van der Waals surface area contributed by atoms with Crippen molar-refractivity contribution in [3.8, 4) is 0 Å². The minimum absolute atomic E-state index is 1.08. The van der Waals surface area contributed by atoms with E-state index >= 15 is 0 Å². The van der Waals surface area contributed by atoms with Crippen LogP contribution >= 0.6 is 0 Å². The van der Waals surface area contributed by atoms with Gasteiger partial charge in [0.1, 0.15) is 0 Å². The van der Waals surface area contributed by atoms with Crippen molar-refractivity contribution in [2.45, 2.75) is 13.8 Å². The van der Waals surface area contributed by atoms with Crippen molar-refractivity contribution in [2.75, 3.05) is 11.9 Å². The van der Waals surface area contributed by atoms with Crippen LogP contribution in [0.5, 0.6) is 0 Å². The molecule has 0 N–H and O–H groups in total. The van der Waals surface area contributed by atoms with Crippen LogP contribution in [0.3, 0.4) is 0 Å². The van der Waals surface area contributed by atoms with Crippen LogP contribution in [0.2, 0.25) is 0 Å². The number of para-hydroxylation sites is 2. The molecule has 130 valence electrons. The lowest BCUT2D eigenvalue weighted by Gasteiger charge is -2.25. The molecule has 0 amide bonds. The number of benzene rings is 3. The van der Waals surface area contributed by atoms with Crippen LogP contribution in [-0.2, 0) is 7.05 Å². The van der Waals surface area contributed by atoms with Gasteiger partial charge in [0.05, 0.1) is 0 Å². The average Bonchev–Trinajstić information content (AvgIpc) is 2.93. The van der Waals surface area contributed by atoms with Crippen molar-refractivity contribution in [3.05, 3.63) is 78.4 Å². The predicted molar refractivity (Wildman–Crippen MR) is 114 cm³/mol. The van der Waals surface area contributed by atoms with Gasteiger partial charge in [-0.2, -0.15) is 0 Å². The number of hydrogen-bond acceptors (Lipinski definition) is 1. The maximum Gasteiger partial charge on any atom is 0.0496 e. The fraction of sp³-hybridized carbons (Fsp3) is 0.167. The number of allylic oxidation sites excluding steroid dienone is 1. The van der Waals surface area contributed by atoms with E-state index in [-0.39, 0.29) is 0 Å². The standard InChI is InChI=1S/C24H24N2/c1-16(2)19-14-24-20(18-11-7-9-13-22(18)26(24)5)15-23(19)25(4)21-12-8-6-10-17(21)3/h6-15H,1H2,2-5H3. The van der Waals surface area contributed by atoms with E-state index in [1.165, 1.54) is 44.3 Å². The van der Waals surface area contributed by atoms with Gasteiger partial charge in [-0.3, -0.25) is 0 Å². The molecule has 1 heterocycles. The number of rotatable bonds is 3. The van der Waals surface area contributed by atoms with E-state index < -0.39 is 0 Å². The highest BCUT2D eigenvalue weighted by molar-refractivity contribution is 6.10. The molecule has 4 aromatic rings. The van der Waals surface area contributed by atoms with Crippen LogP contribution in [0.4, 0.5) is 11.4 Å². The van der Waals surface area contributed by atoms with Crippen molar-refractivity contribution in [3.63, 3.8) is 0 Å². The summed E-state index contributed by atoms with van der Waals surface area (Å²) in [5, 5.41) is 2.57. The number of anilines is 2. The molecule has 0 unspecified atom stereocenters. The topological polar surface area (TPSA) is 8.17 Å². The monoisotopic (exact) mass is 340 g/mol. The third-order valence-corrected chi connectivity index (χ3v) is 5.33. The van der Waals surface area contributed by atoms with Gasteiger partial charge in [-0.25, -0.2) is 0 Å². The second-order valence-corrected chi connectivity index (χ2v) is 7.09. The first kappa shape index (κ1) is 16.5. The Kier molecular flexibility index (Phi) is 3.84. The Morgan fingerprint density at radius 1 is 0.885 bits per heavy atom. The van der Waals surface area contributed by atoms with Gasteiger partial charge in [0, 0.05) is 52.8 Å². The van der Waals surface area contributed by atoms with Gasteiger partial charge in [0.25, 0.3) is 0 Å². The minimum atomic E-state index is 1.08. The molecular formula is C24H24N2. The molecule has 0 bridgehead atoms. The molecule has 0 spiro atoms. The zero-order chi connectivity index (χ0) is 18.4. The maximum atomic E-state index is 4.24. The van der Waals surface area contributed by atoms with Crippen LogP contribution in [0, 0.1) is 6.92 Å². The van der Waals surface area contributed by atoms with Crippen molar-refractivity contribution < 1.29 is 0 Å². The van der Waals surface area contributed by atoms with E-state index in [0.717, 1.165) is 5.57 Å². The molecular weight excluding hydrogens is 316 g/mol. The average molecular weight is 340 g/mol. The third kappa shape index (κ3) is 2.41. The van der Waals surface area contributed by atoms with Crippen molar-refractivity contribution in [1.29, 1.82) is 0 Å². The van der Waals surface area contributed by atoms with Gasteiger partial charge < -0.3 is 9.47 Å². The normalized spacial score (nSPS) is 11.2. The summed E-state index contributed by atoms with van der Waals surface area (Å²) < 4.78 is 2.27. The van der Waals surface area contributed by atoms with Crippen molar-refractivity contribution in [1.82, 2.24) is 4.57 Å². The summed E-state index contributed by atoms with van der Waals surface area (Å²) in [5.41, 5.74) is 8.43. The third-order valence-electron chi connectivity index (χ3n) is 5.33. The maximum absolute atomic E-state index is 4.24. The van der Waals surface area contributed by atoms with Crippen LogP contribution in [0.25, 0.3) is 27.4 Å². The lowest BCUT2D eigenvalue weighted by molar-refractivity contribution is 1.01. The Hall–Kier alpha value is -3.00. The quantitative estimate of drug-likeness (QED) is 0.416. The van der Waals surface area contributed by atoms with E-state index in [9.17, 15) is 0 Å². The summed E-state index contributed by atoms with van der Waals surface area (Å²) in [6, 6.07) is 21.7. The zero-order valence-corrected chi connectivity index (χ0v) is 15.9. The molecule has 0 fully saturated rings. The number of aryl methyl sites for hydroxylation is 2. The highest BCUT2D eigenvalue weighted by Crippen LogP contribution is 2.38. The molecule has 0 aliphatic heterocycles. The highest BCUT2D eigenvalue weighted by atomic mass is 15.1. The zero-order valence-electron chi connectivity index (χ0n) is 15.9. The summed E-state index contributed by atoms with van der Waals surface area (Å²) >= 11 is 0. The molecule has 0 aliphatic carbocycles. The van der Waals surface area contributed by atoms with E-state index in [1.807, 2.05) is 0 Å². The Balaban J connectivity index is 2.05. The van der Waals surface area contributed by atoms with E-state index in [0.29, 0.717) is 0 Å². The lowest BCUT2D eigenvalue weighted by atomic mass is 10.0. The molecule has 0 saturated carbocycles. The highest BCUT2D eigenvalue weighted by Gasteiger charge is 2.16. The molecule has 26 heavy (non-hydrogen) atoms. The second-order valence-electron chi connectivity index (χ2n) is 7.09. The van der Waals surface area contributed by atoms with Crippen molar-refractivity contribution in [2.24, 2.45) is 7.05 Å². The fourth-order valence-electron chi connectivity index (χ4n) is 3.88. The molecule has 0 aliphatic rings. The number of hydrogen-bond donors (Lipinski definition) is 0. The van der Waals surface area contributed by atoms with E-state index in [4.69, 9.17) is 0 Å². The van der Waals surface area contributed by atoms with Crippen LogP contribution in [-0.4, -0.2) is 11.6 Å². The molecule has 4 rings (SSSR count). The van der Waals surface area contributed by atoms with Gasteiger partial charge in [-0.15, -0.1) is 0 Å². The molecule has 2 nitrogen and oxygen atoms in total. The minimum Gasteiger partial charge on any atom is -0.344 e. The summed E-state index contributed by atoms with van der Waals surface area (Å²) in [5.74, 6) is 0. The Bertz CT molecular complexity index is 1150. The molecule has 1 aromatic heterocycles. The van der Waals surface area contributed by atoms with E-state index in [1.54, 1.807) is 0 Å². The Morgan fingerprint density at radius 2 is 1.58 bits per heavy atom. The van der Waals surface area contributed by atoms with Gasteiger partial charge >= 0.3 is 0 Å². The van der Waals surface area contributed by atoms with Gasteiger partial charge in [-0.05, 0) is 49.2 Å². The fourth-order valence-corrected chi connectivity index (χ4v) is 3.88. The van der Waals surface area contributed by atoms with E-state index in [2.05, 4.69) is 105 Å². The van der Waals surface area contributed by atoms with Gasteiger partial charge in [0.15, 0.2) is 0 Å². The first-order chi connectivity index (χ1) is 12.5.